The van der Waals surface area contributed by atoms with Gasteiger partial charge in [-0.3, -0.25) is 14.4 Å². The van der Waals surface area contributed by atoms with Crippen LogP contribution in [0.25, 0.3) is 0 Å². The second-order valence-electron chi connectivity index (χ2n) is 7.21. The van der Waals surface area contributed by atoms with Crippen LogP contribution in [0.5, 0.6) is 0 Å². The number of aryl methyl sites for hydroxylation is 2. The van der Waals surface area contributed by atoms with Crippen LogP contribution in [0.4, 0.5) is 5.69 Å². The van der Waals surface area contributed by atoms with E-state index in [2.05, 4.69) is 0 Å². The van der Waals surface area contributed by atoms with Crippen LogP contribution in [0.3, 0.4) is 0 Å². The Labute approximate surface area is 165 Å². The Bertz CT molecular complexity index is 870. The average Bonchev–Trinajstić information content (AvgIpc) is 3.07. The van der Waals surface area contributed by atoms with Crippen molar-refractivity contribution >= 4 is 23.3 Å². The van der Waals surface area contributed by atoms with E-state index in [4.69, 9.17) is 4.74 Å². The summed E-state index contributed by atoms with van der Waals surface area (Å²) in [6.45, 7) is 5.99. The molecular weight excluding hydrogens is 354 g/mol. The second kappa shape index (κ2) is 8.38. The van der Waals surface area contributed by atoms with Crippen molar-refractivity contribution in [1.82, 2.24) is 0 Å². The standard InChI is InChI=1S/C23H25NO4/c1-4-19(22(26)17-11-6-5-7-12-17)28-23(27)18-13-20(25)24(14-18)21-15(2)9-8-10-16(21)3/h5-12,18-19H,4,13-14H2,1-3H3/t18-,19-/m1/s1. The maximum atomic E-state index is 12.7. The van der Waals surface area contributed by atoms with Crippen LogP contribution >= 0.6 is 0 Å². The third-order valence-electron chi connectivity index (χ3n) is 5.15. The molecule has 1 aliphatic heterocycles. The minimum absolute atomic E-state index is 0.0956. The Kier molecular flexibility index (Phi) is 5.93. The van der Waals surface area contributed by atoms with Gasteiger partial charge in [0, 0.05) is 24.2 Å². The first-order chi connectivity index (χ1) is 13.4. The number of esters is 1. The fourth-order valence-corrected chi connectivity index (χ4v) is 3.66. The summed E-state index contributed by atoms with van der Waals surface area (Å²) in [4.78, 5) is 39.5. The number of hydrogen-bond acceptors (Lipinski definition) is 4. The highest BCUT2D eigenvalue weighted by Crippen LogP contribution is 2.31. The number of anilines is 1. The molecule has 3 rings (SSSR count). The predicted octanol–water partition coefficient (Wildman–Crippen LogP) is 3.86. The highest BCUT2D eigenvalue weighted by molar-refractivity contribution is 6.02. The van der Waals surface area contributed by atoms with Crippen LogP contribution < -0.4 is 4.90 Å². The van der Waals surface area contributed by atoms with E-state index in [1.807, 2.05) is 45.0 Å². The lowest BCUT2D eigenvalue weighted by Gasteiger charge is -2.22. The molecule has 2 atom stereocenters. The van der Waals surface area contributed by atoms with Gasteiger partial charge in [0.05, 0.1) is 5.92 Å². The number of nitrogens with zero attached hydrogens (tertiary/aromatic N) is 1. The summed E-state index contributed by atoms with van der Waals surface area (Å²) in [5, 5.41) is 0. The number of Topliss-reactive ketones (excluding diaryl/α,β-unsaturated/α-hetero) is 1. The third-order valence-corrected chi connectivity index (χ3v) is 5.15. The maximum Gasteiger partial charge on any atom is 0.312 e. The Hall–Kier alpha value is -2.95. The quantitative estimate of drug-likeness (QED) is 0.565. The number of para-hydroxylation sites is 1. The van der Waals surface area contributed by atoms with Crippen molar-refractivity contribution in [3.05, 3.63) is 65.2 Å². The van der Waals surface area contributed by atoms with Gasteiger partial charge in [-0.2, -0.15) is 0 Å². The topological polar surface area (TPSA) is 63.7 Å². The molecule has 0 aromatic heterocycles. The van der Waals surface area contributed by atoms with E-state index < -0.39 is 18.0 Å². The van der Waals surface area contributed by atoms with E-state index in [1.54, 1.807) is 29.2 Å². The second-order valence-corrected chi connectivity index (χ2v) is 7.21. The van der Waals surface area contributed by atoms with Crippen molar-refractivity contribution in [3.8, 4) is 0 Å². The fourth-order valence-electron chi connectivity index (χ4n) is 3.66. The summed E-state index contributed by atoms with van der Waals surface area (Å²) in [5.41, 5.74) is 3.36. The van der Waals surface area contributed by atoms with Gasteiger partial charge in [0.1, 0.15) is 0 Å². The van der Waals surface area contributed by atoms with Crippen molar-refractivity contribution < 1.29 is 19.1 Å². The first-order valence-electron chi connectivity index (χ1n) is 9.58. The molecule has 28 heavy (non-hydrogen) atoms. The number of ether oxygens (including phenoxy) is 1. The predicted molar refractivity (Wildman–Crippen MR) is 107 cm³/mol. The van der Waals surface area contributed by atoms with E-state index in [-0.39, 0.29) is 24.7 Å². The molecule has 5 nitrogen and oxygen atoms in total. The summed E-state index contributed by atoms with van der Waals surface area (Å²) >= 11 is 0. The average molecular weight is 379 g/mol. The molecule has 1 aliphatic rings. The number of rotatable bonds is 6. The van der Waals surface area contributed by atoms with Gasteiger partial charge in [-0.05, 0) is 31.4 Å². The molecule has 0 N–H and O–H groups in total. The van der Waals surface area contributed by atoms with Crippen molar-refractivity contribution in [2.45, 2.75) is 39.7 Å². The van der Waals surface area contributed by atoms with Gasteiger partial charge < -0.3 is 9.64 Å². The largest absolute Gasteiger partial charge is 0.454 e. The minimum atomic E-state index is -0.834. The van der Waals surface area contributed by atoms with Gasteiger partial charge in [-0.1, -0.05) is 55.5 Å². The zero-order chi connectivity index (χ0) is 20.3. The van der Waals surface area contributed by atoms with Gasteiger partial charge in [-0.15, -0.1) is 0 Å². The van der Waals surface area contributed by atoms with Crippen LogP contribution in [-0.4, -0.2) is 30.3 Å². The molecule has 0 bridgehead atoms. The van der Waals surface area contributed by atoms with Crippen LogP contribution in [0.1, 0.15) is 41.3 Å². The zero-order valence-electron chi connectivity index (χ0n) is 16.5. The molecule has 0 spiro atoms. The summed E-state index contributed by atoms with van der Waals surface area (Å²) in [6, 6.07) is 14.7. The Morgan fingerprint density at radius 1 is 1.07 bits per heavy atom. The minimum Gasteiger partial charge on any atom is -0.454 e. The van der Waals surface area contributed by atoms with Crippen molar-refractivity contribution in [1.29, 1.82) is 0 Å². The van der Waals surface area contributed by atoms with Crippen LogP contribution in [0.15, 0.2) is 48.5 Å². The molecule has 5 heteroatoms. The molecule has 1 heterocycles. The number of ketones is 1. The summed E-state index contributed by atoms with van der Waals surface area (Å²) in [5.74, 6) is -1.36. The van der Waals surface area contributed by atoms with Crippen molar-refractivity contribution in [3.63, 3.8) is 0 Å². The van der Waals surface area contributed by atoms with Gasteiger partial charge in [0.25, 0.3) is 0 Å². The molecule has 0 aliphatic carbocycles. The molecule has 1 saturated heterocycles. The van der Waals surface area contributed by atoms with Gasteiger partial charge in [-0.25, -0.2) is 0 Å². The smallest absolute Gasteiger partial charge is 0.312 e. The van der Waals surface area contributed by atoms with E-state index >= 15 is 0 Å². The van der Waals surface area contributed by atoms with Crippen LogP contribution in [-0.2, 0) is 14.3 Å². The highest BCUT2D eigenvalue weighted by Gasteiger charge is 2.38. The van der Waals surface area contributed by atoms with E-state index in [0.717, 1.165) is 16.8 Å². The van der Waals surface area contributed by atoms with E-state index in [1.165, 1.54) is 0 Å². The van der Waals surface area contributed by atoms with E-state index in [9.17, 15) is 14.4 Å². The summed E-state index contributed by atoms with van der Waals surface area (Å²) < 4.78 is 5.53. The van der Waals surface area contributed by atoms with Crippen LogP contribution in [0, 0.1) is 19.8 Å². The normalized spacial score (nSPS) is 17.5. The van der Waals surface area contributed by atoms with Crippen LogP contribution in [0.2, 0.25) is 0 Å². The number of hydrogen-bond donors (Lipinski definition) is 0. The lowest BCUT2D eigenvalue weighted by atomic mass is 10.0. The highest BCUT2D eigenvalue weighted by atomic mass is 16.5. The van der Waals surface area contributed by atoms with Gasteiger partial charge in [0.15, 0.2) is 6.10 Å². The Morgan fingerprint density at radius 3 is 2.32 bits per heavy atom. The molecule has 146 valence electrons. The molecule has 0 unspecified atom stereocenters. The summed E-state index contributed by atoms with van der Waals surface area (Å²) in [6.07, 6.45) is -0.345. The molecule has 1 amide bonds. The number of carbonyl (C=O) groups excluding carboxylic acids is 3. The fraction of sp³-hybridized carbons (Fsp3) is 0.348. The van der Waals surface area contributed by atoms with Gasteiger partial charge in [0.2, 0.25) is 11.7 Å². The molecule has 1 fully saturated rings. The van der Waals surface area contributed by atoms with E-state index in [0.29, 0.717) is 12.0 Å². The van der Waals surface area contributed by atoms with Crippen molar-refractivity contribution in [2.75, 3.05) is 11.4 Å². The zero-order valence-corrected chi connectivity index (χ0v) is 16.5. The molecule has 2 aromatic carbocycles. The first-order valence-corrected chi connectivity index (χ1v) is 9.58. The lowest BCUT2D eigenvalue weighted by Crippen LogP contribution is -2.32. The monoisotopic (exact) mass is 379 g/mol. The first kappa shape index (κ1) is 19.8. The van der Waals surface area contributed by atoms with Gasteiger partial charge >= 0.3 is 5.97 Å². The Balaban J connectivity index is 1.71. The van der Waals surface area contributed by atoms with Crippen molar-refractivity contribution in [2.24, 2.45) is 5.92 Å². The number of benzene rings is 2. The number of amides is 1. The molecule has 0 radical (unpaired) electrons. The molecule has 0 saturated carbocycles. The third kappa shape index (κ3) is 3.98. The Morgan fingerprint density at radius 2 is 1.71 bits per heavy atom. The summed E-state index contributed by atoms with van der Waals surface area (Å²) in [7, 11) is 0. The SMILES string of the molecule is CC[C@@H](OC(=O)[C@@H]1CC(=O)N(c2c(C)cccc2C)C1)C(=O)c1ccccc1. The molecular formula is C23H25NO4. The number of carbonyl (C=O) groups is 3. The lowest BCUT2D eigenvalue weighted by molar-refractivity contribution is -0.151. The maximum absolute atomic E-state index is 12.7. The molecule has 2 aromatic rings.